The van der Waals surface area contributed by atoms with Crippen molar-refractivity contribution in [3.05, 3.63) is 0 Å². The van der Waals surface area contributed by atoms with Crippen molar-refractivity contribution >= 4 is 12.0 Å². The van der Waals surface area contributed by atoms with Crippen LogP contribution in [0.4, 0.5) is 4.79 Å². The fraction of sp³-hybridized carbons (Fsp3) is 0.833. The van der Waals surface area contributed by atoms with E-state index in [9.17, 15) is 9.59 Å². The summed E-state index contributed by atoms with van der Waals surface area (Å²) in [5.41, 5.74) is 0. The van der Waals surface area contributed by atoms with Gasteiger partial charge in [-0.15, -0.1) is 0 Å². The highest BCUT2D eigenvalue weighted by Gasteiger charge is 2.14. The van der Waals surface area contributed by atoms with Gasteiger partial charge in [0, 0.05) is 13.6 Å². The third-order valence-electron chi connectivity index (χ3n) is 3.00. The van der Waals surface area contributed by atoms with Gasteiger partial charge in [0.15, 0.2) is 0 Å². The Morgan fingerprint density at radius 3 is 2.61 bits per heavy atom. The van der Waals surface area contributed by atoms with Crippen LogP contribution in [0.5, 0.6) is 0 Å². The molecule has 1 fully saturated rings. The second kappa shape index (κ2) is 7.92. The molecule has 0 aromatic carbocycles. The molecule has 2 amide bonds. The van der Waals surface area contributed by atoms with Crippen molar-refractivity contribution in [3.63, 3.8) is 0 Å². The molecule has 1 saturated carbocycles. The van der Waals surface area contributed by atoms with Gasteiger partial charge in [-0.2, -0.15) is 0 Å². The smallest absolute Gasteiger partial charge is 0.323 e. The highest BCUT2D eigenvalue weighted by atomic mass is 16.5. The van der Waals surface area contributed by atoms with Gasteiger partial charge >= 0.3 is 12.0 Å². The van der Waals surface area contributed by atoms with E-state index in [0.29, 0.717) is 19.3 Å². The summed E-state index contributed by atoms with van der Waals surface area (Å²) in [7, 11) is 1.45. The number of ether oxygens (including phenoxy) is 1. The molecule has 18 heavy (non-hydrogen) atoms. The molecule has 1 aliphatic carbocycles. The number of carboxylic acid groups (broad SMARTS) is 1. The lowest BCUT2D eigenvalue weighted by Crippen LogP contribution is -2.41. The third kappa shape index (κ3) is 5.86. The van der Waals surface area contributed by atoms with Gasteiger partial charge in [-0.25, -0.2) is 4.79 Å². The van der Waals surface area contributed by atoms with Gasteiger partial charge in [-0.1, -0.05) is 19.3 Å². The van der Waals surface area contributed by atoms with E-state index in [4.69, 9.17) is 9.84 Å². The molecule has 0 heterocycles. The van der Waals surface area contributed by atoms with E-state index in [2.05, 4.69) is 5.32 Å². The Balaban J connectivity index is 2.05. The van der Waals surface area contributed by atoms with Crippen LogP contribution >= 0.6 is 0 Å². The Morgan fingerprint density at radius 2 is 2.00 bits per heavy atom. The largest absolute Gasteiger partial charge is 0.480 e. The van der Waals surface area contributed by atoms with Crippen LogP contribution < -0.4 is 5.32 Å². The number of carbonyl (C=O) groups is 2. The lowest BCUT2D eigenvalue weighted by atomic mass is 9.98. The van der Waals surface area contributed by atoms with E-state index in [1.54, 1.807) is 0 Å². The number of hydrogen-bond acceptors (Lipinski definition) is 3. The topological polar surface area (TPSA) is 78.9 Å². The van der Waals surface area contributed by atoms with Crippen LogP contribution in [-0.4, -0.2) is 54.9 Å². The van der Waals surface area contributed by atoms with Crippen molar-refractivity contribution in [1.29, 1.82) is 0 Å². The van der Waals surface area contributed by atoms with Crippen molar-refractivity contribution in [2.75, 3.05) is 26.7 Å². The zero-order valence-electron chi connectivity index (χ0n) is 10.9. The van der Waals surface area contributed by atoms with Crippen LogP contribution in [0.2, 0.25) is 0 Å². The summed E-state index contributed by atoms with van der Waals surface area (Å²) in [6.45, 7) is 0.603. The standard InChI is InChI=1S/C12H22N2O4/c1-14(9-11(15)16)12(17)13-7-8-18-10-5-3-2-4-6-10/h10H,2-9H2,1H3,(H,13,17)(H,15,16). The second-order valence-corrected chi connectivity index (χ2v) is 4.61. The van der Waals surface area contributed by atoms with Crippen LogP contribution in [0.1, 0.15) is 32.1 Å². The average molecular weight is 258 g/mol. The van der Waals surface area contributed by atoms with E-state index >= 15 is 0 Å². The summed E-state index contributed by atoms with van der Waals surface area (Å²) < 4.78 is 5.64. The fourth-order valence-corrected chi connectivity index (χ4v) is 2.03. The van der Waals surface area contributed by atoms with Crippen LogP contribution in [0.3, 0.4) is 0 Å². The van der Waals surface area contributed by atoms with E-state index in [1.165, 1.54) is 26.3 Å². The number of urea groups is 1. The van der Waals surface area contributed by atoms with E-state index in [1.807, 2.05) is 0 Å². The maximum absolute atomic E-state index is 11.4. The molecule has 6 heteroatoms. The van der Waals surface area contributed by atoms with Gasteiger partial charge in [0.25, 0.3) is 0 Å². The van der Waals surface area contributed by atoms with Crippen molar-refractivity contribution in [2.24, 2.45) is 0 Å². The summed E-state index contributed by atoms with van der Waals surface area (Å²) in [4.78, 5) is 23.0. The van der Waals surface area contributed by atoms with Gasteiger partial charge in [-0.05, 0) is 12.8 Å². The molecule has 0 aliphatic heterocycles. The molecule has 1 aliphatic rings. The second-order valence-electron chi connectivity index (χ2n) is 4.61. The molecule has 6 nitrogen and oxygen atoms in total. The molecule has 0 spiro atoms. The maximum atomic E-state index is 11.4. The minimum Gasteiger partial charge on any atom is -0.480 e. The van der Waals surface area contributed by atoms with Crippen molar-refractivity contribution in [1.82, 2.24) is 10.2 Å². The molecule has 0 aromatic rings. The summed E-state index contributed by atoms with van der Waals surface area (Å²) in [5.74, 6) is -1.02. The Labute approximate surface area is 107 Å². The molecule has 0 aromatic heterocycles. The fourth-order valence-electron chi connectivity index (χ4n) is 2.03. The number of nitrogens with one attached hydrogen (secondary N) is 1. The van der Waals surface area contributed by atoms with E-state index in [0.717, 1.165) is 17.7 Å². The van der Waals surface area contributed by atoms with Crippen LogP contribution in [-0.2, 0) is 9.53 Å². The summed E-state index contributed by atoms with van der Waals surface area (Å²) in [6, 6.07) is -0.385. The number of aliphatic carboxylic acids is 1. The molecule has 2 N–H and O–H groups in total. The molecule has 0 atom stereocenters. The van der Waals surface area contributed by atoms with Crippen LogP contribution in [0.15, 0.2) is 0 Å². The zero-order valence-corrected chi connectivity index (χ0v) is 10.9. The number of nitrogens with zero attached hydrogens (tertiary/aromatic N) is 1. The number of amides is 2. The van der Waals surface area contributed by atoms with Crippen LogP contribution in [0, 0.1) is 0 Å². The minimum absolute atomic E-state index is 0.296. The Bertz CT molecular complexity index is 277. The first kappa shape index (κ1) is 14.8. The Morgan fingerprint density at radius 1 is 1.33 bits per heavy atom. The van der Waals surface area contributed by atoms with E-state index in [-0.39, 0.29) is 12.6 Å². The molecule has 0 radical (unpaired) electrons. The SMILES string of the molecule is CN(CC(=O)O)C(=O)NCCOC1CCCCC1. The number of likely N-dealkylation sites (N-methyl/N-ethyl adjacent to an activating group) is 1. The first-order valence-corrected chi connectivity index (χ1v) is 6.42. The minimum atomic E-state index is -1.02. The lowest BCUT2D eigenvalue weighted by molar-refractivity contribution is -0.137. The van der Waals surface area contributed by atoms with Crippen molar-refractivity contribution in [3.8, 4) is 0 Å². The third-order valence-corrected chi connectivity index (χ3v) is 3.00. The van der Waals surface area contributed by atoms with E-state index < -0.39 is 5.97 Å². The average Bonchev–Trinajstić information content (AvgIpc) is 2.34. The van der Waals surface area contributed by atoms with Gasteiger partial charge in [-0.3, -0.25) is 4.79 Å². The number of carboxylic acids is 1. The molecule has 0 unspecified atom stereocenters. The number of rotatable bonds is 6. The summed E-state index contributed by atoms with van der Waals surface area (Å²) in [5, 5.41) is 11.2. The van der Waals surface area contributed by atoms with Gasteiger partial charge in [0.2, 0.25) is 0 Å². The molecule has 104 valence electrons. The predicted octanol–water partition coefficient (Wildman–Crippen LogP) is 1.06. The van der Waals surface area contributed by atoms with Gasteiger partial charge in [0.05, 0.1) is 12.7 Å². The van der Waals surface area contributed by atoms with Crippen molar-refractivity contribution in [2.45, 2.75) is 38.2 Å². The first-order valence-electron chi connectivity index (χ1n) is 6.42. The highest BCUT2D eigenvalue weighted by molar-refractivity contribution is 5.79. The molecular formula is C12H22N2O4. The number of carbonyl (C=O) groups excluding carboxylic acids is 1. The monoisotopic (exact) mass is 258 g/mol. The molecule has 0 bridgehead atoms. The first-order chi connectivity index (χ1) is 8.59. The van der Waals surface area contributed by atoms with Gasteiger partial charge < -0.3 is 20.1 Å². The summed E-state index contributed by atoms with van der Waals surface area (Å²) >= 11 is 0. The van der Waals surface area contributed by atoms with Gasteiger partial charge in [0.1, 0.15) is 6.54 Å². The zero-order chi connectivity index (χ0) is 13.4. The van der Waals surface area contributed by atoms with Crippen LogP contribution in [0.25, 0.3) is 0 Å². The predicted molar refractivity (Wildman–Crippen MR) is 66.5 cm³/mol. The molecule has 1 rings (SSSR count). The normalized spacial score (nSPS) is 16.3. The highest BCUT2D eigenvalue weighted by Crippen LogP contribution is 2.19. The maximum Gasteiger partial charge on any atom is 0.323 e. The Hall–Kier alpha value is -1.30. The molecular weight excluding hydrogens is 236 g/mol. The Kier molecular flexibility index (Phi) is 6.49. The number of hydrogen-bond donors (Lipinski definition) is 2. The quantitative estimate of drug-likeness (QED) is 0.698. The lowest BCUT2D eigenvalue weighted by Gasteiger charge is -2.22. The summed E-state index contributed by atoms with van der Waals surface area (Å²) in [6.07, 6.45) is 6.26. The molecule has 0 saturated heterocycles. The van der Waals surface area contributed by atoms with Crippen molar-refractivity contribution < 1.29 is 19.4 Å².